The van der Waals surface area contributed by atoms with Crippen LogP contribution in [0, 0.1) is 0 Å². The van der Waals surface area contributed by atoms with Crippen molar-refractivity contribution in [1.29, 1.82) is 0 Å². The molecule has 6 heteroatoms. The maximum atomic E-state index is 10.8. The summed E-state index contributed by atoms with van der Waals surface area (Å²) in [5.41, 5.74) is 1.37. The lowest BCUT2D eigenvalue weighted by atomic mass is 10.2. The average molecular weight is 260 g/mol. The van der Waals surface area contributed by atoms with Crippen LogP contribution in [0.5, 0.6) is 0 Å². The number of aliphatic imine (C=N–C) groups is 1. The van der Waals surface area contributed by atoms with E-state index in [1.54, 1.807) is 24.3 Å². The summed E-state index contributed by atoms with van der Waals surface area (Å²) in [6.45, 7) is 1.65. The van der Waals surface area contributed by atoms with Gasteiger partial charge in [0, 0.05) is 17.8 Å². The number of hydrogen-bond acceptors (Lipinski definition) is 4. The molecule has 0 fully saturated rings. The summed E-state index contributed by atoms with van der Waals surface area (Å²) in [5.74, 6) is 0.764. The molecule has 4 nitrogen and oxygen atoms in total. The number of halogens is 2. The van der Waals surface area contributed by atoms with Crippen LogP contribution < -0.4 is 10.6 Å². The minimum Gasteiger partial charge on any atom is -0.354 e. The van der Waals surface area contributed by atoms with E-state index in [0.29, 0.717) is 5.56 Å². The van der Waals surface area contributed by atoms with E-state index in [0.717, 1.165) is 24.7 Å². The molecule has 0 bridgehead atoms. The molecule has 0 radical (unpaired) electrons. The number of anilines is 1. The molecule has 1 heterocycles. The molecular weight excluding hydrogens is 249 g/mol. The minimum atomic E-state index is -0.446. The summed E-state index contributed by atoms with van der Waals surface area (Å²) in [7, 11) is 0. The van der Waals surface area contributed by atoms with Crippen LogP contribution in [0.4, 0.5) is 5.69 Å². The summed E-state index contributed by atoms with van der Waals surface area (Å²) < 4.78 is 0. The molecular formula is C10H11Cl2N3O. The monoisotopic (exact) mass is 259 g/mol. The van der Waals surface area contributed by atoms with Crippen LogP contribution in [-0.2, 0) is 0 Å². The highest BCUT2D eigenvalue weighted by Gasteiger charge is 2.05. The normalized spacial score (nSPS) is 13.4. The van der Waals surface area contributed by atoms with Crippen molar-refractivity contribution in [3.63, 3.8) is 0 Å². The summed E-state index contributed by atoms with van der Waals surface area (Å²) in [4.78, 5) is 15.0. The van der Waals surface area contributed by atoms with Crippen molar-refractivity contribution in [2.24, 2.45) is 4.99 Å². The topological polar surface area (TPSA) is 53.5 Å². The summed E-state index contributed by atoms with van der Waals surface area (Å²) in [6, 6.07) is 6.93. The van der Waals surface area contributed by atoms with Crippen LogP contribution in [-0.4, -0.2) is 24.3 Å². The van der Waals surface area contributed by atoms with E-state index in [-0.39, 0.29) is 12.4 Å². The van der Waals surface area contributed by atoms with Crippen molar-refractivity contribution < 1.29 is 4.79 Å². The van der Waals surface area contributed by atoms with Gasteiger partial charge in [0.15, 0.2) is 5.96 Å². The van der Waals surface area contributed by atoms with Crippen molar-refractivity contribution in [3.8, 4) is 0 Å². The summed E-state index contributed by atoms with van der Waals surface area (Å²) in [5, 5.41) is 5.73. The molecule has 1 aliphatic rings. The Balaban J connectivity index is 0.00000128. The molecule has 0 unspecified atom stereocenters. The molecule has 2 rings (SSSR count). The lowest BCUT2D eigenvalue weighted by Crippen LogP contribution is -2.26. The fourth-order valence-corrected chi connectivity index (χ4v) is 1.43. The molecule has 86 valence electrons. The maximum Gasteiger partial charge on any atom is 0.252 e. The van der Waals surface area contributed by atoms with Crippen LogP contribution in [0.25, 0.3) is 0 Å². The second kappa shape index (κ2) is 5.72. The Morgan fingerprint density at radius 2 is 2.06 bits per heavy atom. The second-order valence-corrected chi connectivity index (χ2v) is 3.48. The number of carbonyl (C=O) groups excluding carboxylic acids is 1. The van der Waals surface area contributed by atoms with Gasteiger partial charge in [0.2, 0.25) is 0 Å². The van der Waals surface area contributed by atoms with Crippen LogP contribution in [0.2, 0.25) is 0 Å². The third-order valence-corrected chi connectivity index (χ3v) is 2.27. The fourth-order valence-electron chi connectivity index (χ4n) is 1.30. The molecule has 0 atom stereocenters. The SMILES string of the molecule is Cl.O=C(Cl)c1ccc(NC2=NCCN2)cc1. The highest BCUT2D eigenvalue weighted by atomic mass is 35.5. The molecule has 2 N–H and O–H groups in total. The Bertz CT molecular complexity index is 403. The van der Waals surface area contributed by atoms with E-state index in [1.807, 2.05) is 0 Å². The zero-order valence-corrected chi connectivity index (χ0v) is 9.94. The van der Waals surface area contributed by atoms with E-state index in [2.05, 4.69) is 15.6 Å². The van der Waals surface area contributed by atoms with E-state index in [1.165, 1.54) is 0 Å². The third-order valence-electron chi connectivity index (χ3n) is 2.05. The van der Waals surface area contributed by atoms with Crippen LogP contribution >= 0.6 is 24.0 Å². The highest BCUT2D eigenvalue weighted by Crippen LogP contribution is 2.11. The van der Waals surface area contributed by atoms with Crippen molar-refractivity contribution >= 4 is 40.9 Å². The quantitative estimate of drug-likeness (QED) is 0.798. The van der Waals surface area contributed by atoms with E-state index in [9.17, 15) is 4.79 Å². The van der Waals surface area contributed by atoms with Gasteiger partial charge < -0.3 is 10.6 Å². The number of hydrogen-bond donors (Lipinski definition) is 2. The lowest BCUT2D eigenvalue weighted by Gasteiger charge is -2.06. The Morgan fingerprint density at radius 3 is 2.56 bits per heavy atom. The first-order valence-corrected chi connectivity index (χ1v) is 4.99. The summed E-state index contributed by atoms with van der Waals surface area (Å²) >= 11 is 5.33. The molecule has 1 aliphatic heterocycles. The van der Waals surface area contributed by atoms with Gasteiger partial charge >= 0.3 is 0 Å². The second-order valence-electron chi connectivity index (χ2n) is 3.13. The van der Waals surface area contributed by atoms with Gasteiger partial charge in [-0.1, -0.05) is 0 Å². The van der Waals surface area contributed by atoms with Crippen molar-refractivity contribution in [3.05, 3.63) is 29.8 Å². The molecule has 0 aromatic heterocycles. The van der Waals surface area contributed by atoms with Crippen molar-refractivity contribution in [2.45, 2.75) is 0 Å². The molecule has 0 aliphatic carbocycles. The van der Waals surface area contributed by atoms with E-state index < -0.39 is 5.24 Å². The number of carbonyl (C=O) groups is 1. The standard InChI is InChI=1S/C10H10ClN3O.ClH/c11-9(15)7-1-3-8(4-2-7)14-10-12-5-6-13-10;/h1-4H,5-6H2,(H2,12,13,14);1H. The minimum absolute atomic E-state index is 0. The number of benzene rings is 1. The molecule has 0 saturated heterocycles. The number of rotatable bonds is 2. The smallest absolute Gasteiger partial charge is 0.252 e. The van der Waals surface area contributed by atoms with Gasteiger partial charge in [-0.3, -0.25) is 9.79 Å². The van der Waals surface area contributed by atoms with Gasteiger partial charge in [0.05, 0.1) is 6.54 Å². The fraction of sp³-hybridized carbons (Fsp3) is 0.200. The van der Waals surface area contributed by atoms with Gasteiger partial charge in [0.1, 0.15) is 0 Å². The molecule has 16 heavy (non-hydrogen) atoms. The Hall–Kier alpha value is -1.26. The summed E-state index contributed by atoms with van der Waals surface area (Å²) in [6.07, 6.45) is 0. The predicted octanol–water partition coefficient (Wildman–Crippen LogP) is 1.86. The van der Waals surface area contributed by atoms with Gasteiger partial charge in [0.25, 0.3) is 5.24 Å². The van der Waals surface area contributed by atoms with Gasteiger partial charge in [-0.05, 0) is 35.9 Å². The zero-order valence-electron chi connectivity index (χ0n) is 8.37. The zero-order chi connectivity index (χ0) is 10.7. The van der Waals surface area contributed by atoms with Crippen LogP contribution in [0.1, 0.15) is 10.4 Å². The predicted molar refractivity (Wildman–Crippen MR) is 67.8 cm³/mol. The first-order chi connectivity index (χ1) is 7.25. The highest BCUT2D eigenvalue weighted by molar-refractivity contribution is 6.67. The van der Waals surface area contributed by atoms with Crippen LogP contribution in [0.3, 0.4) is 0 Å². The average Bonchev–Trinajstić information content (AvgIpc) is 2.71. The third kappa shape index (κ3) is 3.12. The Labute approximate surface area is 104 Å². The lowest BCUT2D eigenvalue weighted by molar-refractivity contribution is 0.108. The van der Waals surface area contributed by atoms with E-state index in [4.69, 9.17) is 11.6 Å². The van der Waals surface area contributed by atoms with Crippen LogP contribution in [0.15, 0.2) is 29.3 Å². The molecule has 0 amide bonds. The molecule has 0 saturated carbocycles. The van der Waals surface area contributed by atoms with Gasteiger partial charge in [-0.2, -0.15) is 0 Å². The molecule has 1 aromatic carbocycles. The first-order valence-electron chi connectivity index (χ1n) is 4.61. The number of nitrogens with zero attached hydrogens (tertiary/aromatic N) is 1. The molecule has 1 aromatic rings. The number of guanidine groups is 1. The van der Waals surface area contributed by atoms with Gasteiger partial charge in [-0.25, -0.2) is 0 Å². The van der Waals surface area contributed by atoms with Gasteiger partial charge in [-0.15, -0.1) is 12.4 Å². The Morgan fingerprint density at radius 1 is 1.38 bits per heavy atom. The van der Waals surface area contributed by atoms with Crippen molar-refractivity contribution in [2.75, 3.05) is 18.4 Å². The number of nitrogens with one attached hydrogen (secondary N) is 2. The Kier molecular flexibility index (Phi) is 4.58. The maximum absolute atomic E-state index is 10.8. The largest absolute Gasteiger partial charge is 0.354 e. The first kappa shape index (κ1) is 12.8. The van der Waals surface area contributed by atoms with Crippen molar-refractivity contribution in [1.82, 2.24) is 5.32 Å². The molecule has 0 spiro atoms. The van der Waals surface area contributed by atoms with E-state index >= 15 is 0 Å².